The molecule has 0 bridgehead atoms. The van der Waals surface area contributed by atoms with Crippen molar-refractivity contribution in [2.24, 2.45) is 0 Å². The number of carbonyl (C=O) groups excluding carboxylic acids is 1. The fourth-order valence-electron chi connectivity index (χ4n) is 3.16. The number of nitrogens with zero attached hydrogens (tertiary/aromatic N) is 3. The van der Waals surface area contributed by atoms with Crippen LogP contribution in [0, 0.1) is 25.2 Å². The predicted molar refractivity (Wildman–Crippen MR) is 115 cm³/mol. The van der Waals surface area contributed by atoms with Gasteiger partial charge in [-0.05, 0) is 55.8 Å². The van der Waals surface area contributed by atoms with Crippen LogP contribution in [0.3, 0.4) is 0 Å². The van der Waals surface area contributed by atoms with E-state index in [-0.39, 0.29) is 5.91 Å². The first-order chi connectivity index (χ1) is 14.1. The molecule has 29 heavy (non-hydrogen) atoms. The average Bonchev–Trinajstić information content (AvgIpc) is 3.03. The molecule has 0 radical (unpaired) electrons. The maximum atomic E-state index is 12.1. The molecule has 2 heterocycles. The smallest absolute Gasteiger partial charge is 0.244 e. The molecule has 0 aliphatic rings. The zero-order valence-corrected chi connectivity index (χ0v) is 16.5. The molecule has 0 aliphatic heterocycles. The van der Waals surface area contributed by atoms with E-state index in [0.717, 1.165) is 22.6 Å². The summed E-state index contributed by atoms with van der Waals surface area (Å²) in [4.78, 5) is 16.2. The highest BCUT2D eigenvalue weighted by Crippen LogP contribution is 2.21. The molecule has 3 aromatic rings. The van der Waals surface area contributed by atoms with Gasteiger partial charge in [0.15, 0.2) is 0 Å². The third-order valence-corrected chi connectivity index (χ3v) is 4.54. The largest absolute Gasteiger partial charge is 0.367 e. The van der Waals surface area contributed by atoms with Crippen molar-refractivity contribution in [2.75, 3.05) is 18.4 Å². The van der Waals surface area contributed by atoms with Gasteiger partial charge in [0.05, 0.1) is 5.56 Å². The zero-order valence-electron chi connectivity index (χ0n) is 16.5. The van der Waals surface area contributed by atoms with E-state index in [1.54, 1.807) is 24.4 Å². The molecule has 0 spiro atoms. The van der Waals surface area contributed by atoms with Gasteiger partial charge in [-0.2, -0.15) is 5.26 Å². The van der Waals surface area contributed by atoms with Crippen LogP contribution < -0.4 is 10.6 Å². The van der Waals surface area contributed by atoms with E-state index >= 15 is 0 Å². The number of hydrogen-bond donors (Lipinski definition) is 2. The molecule has 0 unspecified atom stereocenters. The Bertz CT molecular complexity index is 1060. The Morgan fingerprint density at radius 1 is 1.17 bits per heavy atom. The Morgan fingerprint density at radius 2 is 1.97 bits per heavy atom. The molecule has 146 valence electrons. The summed E-state index contributed by atoms with van der Waals surface area (Å²) in [5.41, 5.74) is 4.78. The van der Waals surface area contributed by atoms with Gasteiger partial charge in [-0.25, -0.2) is 4.98 Å². The van der Waals surface area contributed by atoms with Gasteiger partial charge in [0, 0.05) is 42.4 Å². The fourth-order valence-corrected chi connectivity index (χ4v) is 3.16. The van der Waals surface area contributed by atoms with Crippen molar-refractivity contribution in [1.82, 2.24) is 14.9 Å². The van der Waals surface area contributed by atoms with Crippen LogP contribution in [0.15, 0.2) is 60.8 Å². The quantitative estimate of drug-likeness (QED) is 0.481. The summed E-state index contributed by atoms with van der Waals surface area (Å²) in [6, 6.07) is 17.7. The van der Waals surface area contributed by atoms with Crippen molar-refractivity contribution in [3.8, 4) is 11.8 Å². The van der Waals surface area contributed by atoms with E-state index in [2.05, 4.69) is 51.4 Å². The van der Waals surface area contributed by atoms with Gasteiger partial charge in [-0.1, -0.05) is 18.2 Å². The van der Waals surface area contributed by atoms with Gasteiger partial charge in [0.1, 0.15) is 11.9 Å². The summed E-state index contributed by atoms with van der Waals surface area (Å²) in [6.45, 7) is 5.00. The number of aryl methyl sites for hydroxylation is 1. The molecule has 0 saturated heterocycles. The number of para-hydroxylation sites is 1. The number of anilines is 1. The molecule has 3 rings (SSSR count). The van der Waals surface area contributed by atoms with Crippen LogP contribution in [-0.4, -0.2) is 28.5 Å². The van der Waals surface area contributed by atoms with Crippen LogP contribution >= 0.6 is 0 Å². The SMILES string of the molecule is Cc1cc(/C=C/C(=O)NCCNc2ncccc2C#N)c(C)n1-c1ccccc1. The van der Waals surface area contributed by atoms with E-state index in [0.29, 0.717) is 24.5 Å². The number of nitrogens with one attached hydrogen (secondary N) is 2. The average molecular weight is 385 g/mol. The first kappa shape index (κ1) is 19.9. The fraction of sp³-hybridized carbons (Fsp3) is 0.174. The molecule has 2 N–H and O–H groups in total. The van der Waals surface area contributed by atoms with E-state index < -0.39 is 0 Å². The molecular weight excluding hydrogens is 362 g/mol. The summed E-state index contributed by atoms with van der Waals surface area (Å²) in [7, 11) is 0. The molecule has 0 aliphatic carbocycles. The highest BCUT2D eigenvalue weighted by Gasteiger charge is 2.09. The van der Waals surface area contributed by atoms with E-state index in [1.165, 1.54) is 0 Å². The molecule has 0 fully saturated rings. The lowest BCUT2D eigenvalue weighted by atomic mass is 10.2. The van der Waals surface area contributed by atoms with Crippen LogP contribution in [0.5, 0.6) is 0 Å². The molecule has 2 aromatic heterocycles. The highest BCUT2D eigenvalue weighted by atomic mass is 16.1. The number of pyridine rings is 1. The van der Waals surface area contributed by atoms with Crippen molar-refractivity contribution in [1.29, 1.82) is 5.26 Å². The summed E-state index contributed by atoms with van der Waals surface area (Å²) in [5, 5.41) is 14.9. The van der Waals surface area contributed by atoms with E-state index in [9.17, 15) is 4.79 Å². The Hall–Kier alpha value is -3.85. The third kappa shape index (κ3) is 4.90. The number of aromatic nitrogens is 2. The number of nitriles is 1. The van der Waals surface area contributed by atoms with Crippen LogP contribution in [0.4, 0.5) is 5.82 Å². The first-order valence-electron chi connectivity index (χ1n) is 9.39. The highest BCUT2D eigenvalue weighted by molar-refractivity contribution is 5.91. The van der Waals surface area contributed by atoms with Gasteiger partial charge in [0.2, 0.25) is 5.91 Å². The lowest BCUT2D eigenvalue weighted by Gasteiger charge is -2.09. The maximum Gasteiger partial charge on any atom is 0.244 e. The van der Waals surface area contributed by atoms with Crippen molar-refractivity contribution in [3.63, 3.8) is 0 Å². The third-order valence-electron chi connectivity index (χ3n) is 4.54. The Morgan fingerprint density at radius 3 is 2.72 bits per heavy atom. The molecular formula is C23H23N5O. The molecule has 6 nitrogen and oxygen atoms in total. The Kier molecular flexibility index (Phi) is 6.43. The van der Waals surface area contributed by atoms with Gasteiger partial charge >= 0.3 is 0 Å². The normalized spacial score (nSPS) is 10.7. The summed E-state index contributed by atoms with van der Waals surface area (Å²) >= 11 is 0. The molecule has 6 heteroatoms. The number of carbonyl (C=O) groups is 1. The minimum atomic E-state index is -0.169. The topological polar surface area (TPSA) is 82.7 Å². The maximum absolute atomic E-state index is 12.1. The minimum absolute atomic E-state index is 0.169. The van der Waals surface area contributed by atoms with Gasteiger partial charge < -0.3 is 15.2 Å². The van der Waals surface area contributed by atoms with Crippen molar-refractivity contribution in [2.45, 2.75) is 13.8 Å². The van der Waals surface area contributed by atoms with E-state index in [1.807, 2.05) is 31.2 Å². The van der Waals surface area contributed by atoms with Crippen molar-refractivity contribution < 1.29 is 4.79 Å². The standard InChI is InChI=1S/C23H23N5O/c1-17-15-19(18(2)28(17)21-8-4-3-5-9-21)10-11-22(29)25-13-14-27-23-20(16-24)7-6-12-26-23/h3-12,15H,13-14H2,1-2H3,(H,25,29)(H,26,27)/b11-10+. The number of rotatable bonds is 7. The minimum Gasteiger partial charge on any atom is -0.367 e. The second-order valence-electron chi connectivity index (χ2n) is 6.56. The first-order valence-corrected chi connectivity index (χ1v) is 9.39. The van der Waals surface area contributed by atoms with Crippen molar-refractivity contribution in [3.05, 3.63) is 83.3 Å². The van der Waals surface area contributed by atoms with Crippen LogP contribution in [0.1, 0.15) is 22.5 Å². The monoisotopic (exact) mass is 385 g/mol. The number of benzene rings is 1. The zero-order chi connectivity index (χ0) is 20.6. The van der Waals surface area contributed by atoms with Crippen LogP contribution in [0.25, 0.3) is 11.8 Å². The number of amides is 1. The predicted octanol–water partition coefficient (Wildman–Crippen LogP) is 3.60. The lowest BCUT2D eigenvalue weighted by Crippen LogP contribution is -2.27. The molecule has 1 aromatic carbocycles. The molecule has 1 amide bonds. The second-order valence-corrected chi connectivity index (χ2v) is 6.56. The Labute approximate surface area is 170 Å². The summed E-state index contributed by atoms with van der Waals surface area (Å²) < 4.78 is 2.17. The summed E-state index contributed by atoms with van der Waals surface area (Å²) in [6.07, 6.45) is 4.99. The second kappa shape index (κ2) is 9.38. The van der Waals surface area contributed by atoms with Gasteiger partial charge in [0.25, 0.3) is 0 Å². The molecule has 0 saturated carbocycles. The van der Waals surface area contributed by atoms with E-state index in [4.69, 9.17) is 5.26 Å². The van der Waals surface area contributed by atoms with Gasteiger partial charge in [-0.15, -0.1) is 0 Å². The molecule has 0 atom stereocenters. The number of hydrogen-bond acceptors (Lipinski definition) is 4. The van der Waals surface area contributed by atoms with Crippen LogP contribution in [0.2, 0.25) is 0 Å². The summed E-state index contributed by atoms with van der Waals surface area (Å²) in [5.74, 6) is 0.353. The van der Waals surface area contributed by atoms with Crippen molar-refractivity contribution >= 4 is 17.8 Å². The van der Waals surface area contributed by atoms with Gasteiger partial charge in [-0.3, -0.25) is 4.79 Å². The Balaban J connectivity index is 1.55. The van der Waals surface area contributed by atoms with Crippen LogP contribution in [-0.2, 0) is 4.79 Å². The lowest BCUT2D eigenvalue weighted by molar-refractivity contribution is -0.116.